The number of halogens is 1. The van der Waals surface area contributed by atoms with Gasteiger partial charge in [0.15, 0.2) is 0 Å². The van der Waals surface area contributed by atoms with E-state index >= 15 is 0 Å². The third kappa shape index (κ3) is 3.22. The summed E-state index contributed by atoms with van der Waals surface area (Å²) in [5.41, 5.74) is 0. The van der Waals surface area contributed by atoms with Crippen LogP contribution in [0.1, 0.15) is 6.42 Å². The van der Waals surface area contributed by atoms with Crippen molar-refractivity contribution >= 4 is 23.5 Å². The van der Waals surface area contributed by atoms with E-state index in [0.29, 0.717) is 24.9 Å². The van der Waals surface area contributed by atoms with E-state index in [1.54, 1.807) is 19.0 Å². The second kappa shape index (κ2) is 5.32. The minimum absolute atomic E-state index is 0.133. The van der Waals surface area contributed by atoms with Crippen LogP contribution >= 0.6 is 11.6 Å². The van der Waals surface area contributed by atoms with Crippen molar-refractivity contribution in [1.29, 1.82) is 5.26 Å². The minimum atomic E-state index is 0.133. The highest BCUT2D eigenvalue weighted by molar-refractivity contribution is 6.28. The summed E-state index contributed by atoms with van der Waals surface area (Å²) in [5, 5.41) is 11.4. The van der Waals surface area contributed by atoms with Gasteiger partial charge in [-0.2, -0.15) is 20.2 Å². The summed E-state index contributed by atoms with van der Waals surface area (Å²) in [5.74, 6) is 0.864. The molecule has 0 bridgehead atoms. The van der Waals surface area contributed by atoms with Gasteiger partial charge in [0.25, 0.3) is 0 Å². The Balaban J connectivity index is 2.84. The van der Waals surface area contributed by atoms with Crippen LogP contribution in [0.5, 0.6) is 0 Å². The summed E-state index contributed by atoms with van der Waals surface area (Å²) in [7, 11) is 3.49. The summed E-state index contributed by atoms with van der Waals surface area (Å²) < 4.78 is 0. The fourth-order valence-corrected chi connectivity index (χ4v) is 1.10. The first kappa shape index (κ1) is 11.5. The molecule has 1 heterocycles. The van der Waals surface area contributed by atoms with Gasteiger partial charge in [-0.3, -0.25) is 0 Å². The van der Waals surface area contributed by atoms with Crippen molar-refractivity contribution in [3.8, 4) is 6.07 Å². The first-order valence-corrected chi connectivity index (χ1v) is 4.72. The molecule has 0 saturated heterocycles. The lowest BCUT2D eigenvalue weighted by molar-refractivity contribution is 0.848. The lowest BCUT2D eigenvalue weighted by Gasteiger charge is -2.15. The maximum absolute atomic E-state index is 8.45. The number of nitrogens with one attached hydrogen (secondary N) is 1. The number of anilines is 2. The number of aromatic nitrogens is 3. The van der Waals surface area contributed by atoms with Crippen LogP contribution in [-0.2, 0) is 0 Å². The maximum atomic E-state index is 8.45. The van der Waals surface area contributed by atoms with Crippen molar-refractivity contribution in [2.75, 3.05) is 30.9 Å². The molecule has 1 aromatic rings. The SMILES string of the molecule is CNc1nc(Cl)nc(N(C)CCC#N)n1. The Kier molecular flexibility index (Phi) is 4.06. The Morgan fingerprint density at radius 2 is 2.20 bits per heavy atom. The van der Waals surface area contributed by atoms with Gasteiger partial charge in [-0.15, -0.1) is 0 Å². The molecule has 80 valence electrons. The Bertz CT molecular complexity index is 374. The normalized spacial score (nSPS) is 9.47. The number of rotatable bonds is 4. The first-order chi connectivity index (χ1) is 7.17. The van der Waals surface area contributed by atoms with Crippen LogP contribution in [-0.4, -0.2) is 35.6 Å². The number of nitriles is 1. The molecule has 0 atom stereocenters. The third-order valence-corrected chi connectivity index (χ3v) is 1.89. The second-order valence-corrected chi connectivity index (χ2v) is 3.15. The molecule has 0 aromatic carbocycles. The predicted molar refractivity (Wildman–Crippen MR) is 57.9 cm³/mol. The topological polar surface area (TPSA) is 77.7 Å². The summed E-state index contributed by atoms with van der Waals surface area (Å²) in [6.45, 7) is 0.556. The average molecular weight is 227 g/mol. The van der Waals surface area contributed by atoms with Gasteiger partial charge in [0.2, 0.25) is 17.2 Å². The molecule has 0 amide bonds. The summed E-state index contributed by atoms with van der Waals surface area (Å²) in [6, 6.07) is 2.05. The van der Waals surface area contributed by atoms with E-state index in [1.165, 1.54) is 0 Å². The van der Waals surface area contributed by atoms with Gasteiger partial charge >= 0.3 is 0 Å². The van der Waals surface area contributed by atoms with Gasteiger partial charge in [0.1, 0.15) is 0 Å². The van der Waals surface area contributed by atoms with Crippen molar-refractivity contribution in [1.82, 2.24) is 15.0 Å². The highest BCUT2D eigenvalue weighted by atomic mass is 35.5. The molecular weight excluding hydrogens is 216 g/mol. The van der Waals surface area contributed by atoms with E-state index in [-0.39, 0.29) is 5.28 Å². The molecule has 0 saturated carbocycles. The van der Waals surface area contributed by atoms with Gasteiger partial charge < -0.3 is 10.2 Å². The molecule has 0 aliphatic heterocycles. The lowest BCUT2D eigenvalue weighted by atomic mass is 10.4. The smallest absolute Gasteiger partial charge is 0.231 e. The van der Waals surface area contributed by atoms with Gasteiger partial charge in [0.05, 0.1) is 12.5 Å². The van der Waals surface area contributed by atoms with E-state index in [2.05, 4.69) is 26.3 Å². The van der Waals surface area contributed by atoms with Crippen molar-refractivity contribution in [2.24, 2.45) is 0 Å². The fraction of sp³-hybridized carbons (Fsp3) is 0.500. The zero-order valence-electron chi connectivity index (χ0n) is 8.53. The van der Waals surface area contributed by atoms with Gasteiger partial charge in [-0.05, 0) is 11.6 Å². The first-order valence-electron chi connectivity index (χ1n) is 4.34. The molecule has 1 N–H and O–H groups in total. The quantitative estimate of drug-likeness (QED) is 0.823. The average Bonchev–Trinajstić information content (AvgIpc) is 2.24. The summed E-state index contributed by atoms with van der Waals surface area (Å²) in [6.07, 6.45) is 0.411. The second-order valence-electron chi connectivity index (χ2n) is 2.81. The summed E-state index contributed by atoms with van der Waals surface area (Å²) >= 11 is 5.71. The monoisotopic (exact) mass is 226 g/mol. The molecule has 0 aliphatic rings. The van der Waals surface area contributed by atoms with Crippen LogP contribution in [0, 0.1) is 11.3 Å². The van der Waals surface area contributed by atoms with Crippen LogP contribution in [0.4, 0.5) is 11.9 Å². The lowest BCUT2D eigenvalue weighted by Crippen LogP contribution is -2.21. The fourth-order valence-electron chi connectivity index (χ4n) is 0.940. The number of hydrogen-bond donors (Lipinski definition) is 1. The Morgan fingerprint density at radius 3 is 2.80 bits per heavy atom. The van der Waals surface area contributed by atoms with Gasteiger partial charge in [-0.1, -0.05) is 0 Å². The predicted octanol–water partition coefficient (Wildman–Crippen LogP) is 0.917. The van der Waals surface area contributed by atoms with E-state index in [0.717, 1.165) is 0 Å². The molecule has 0 radical (unpaired) electrons. The molecule has 15 heavy (non-hydrogen) atoms. The molecule has 7 heteroatoms. The molecule has 6 nitrogen and oxygen atoms in total. The Labute approximate surface area is 92.9 Å². The molecule has 0 spiro atoms. The molecule has 0 aliphatic carbocycles. The zero-order valence-corrected chi connectivity index (χ0v) is 9.28. The maximum Gasteiger partial charge on any atom is 0.231 e. The minimum Gasteiger partial charge on any atom is -0.357 e. The molecule has 1 aromatic heterocycles. The van der Waals surface area contributed by atoms with E-state index in [1.807, 2.05) is 0 Å². The molecule has 0 unspecified atom stereocenters. The van der Waals surface area contributed by atoms with E-state index in [9.17, 15) is 0 Å². The van der Waals surface area contributed by atoms with Crippen LogP contribution in [0.15, 0.2) is 0 Å². The zero-order chi connectivity index (χ0) is 11.3. The van der Waals surface area contributed by atoms with Crippen molar-refractivity contribution < 1.29 is 0 Å². The van der Waals surface area contributed by atoms with Crippen LogP contribution in [0.25, 0.3) is 0 Å². The highest BCUT2D eigenvalue weighted by Crippen LogP contribution is 2.12. The summed E-state index contributed by atoms with van der Waals surface area (Å²) in [4.78, 5) is 13.7. The molecular formula is C8H11ClN6. The highest BCUT2D eigenvalue weighted by Gasteiger charge is 2.07. The largest absolute Gasteiger partial charge is 0.357 e. The van der Waals surface area contributed by atoms with Crippen molar-refractivity contribution in [3.63, 3.8) is 0 Å². The standard InChI is InChI=1S/C8H11ClN6/c1-11-7-12-6(9)13-8(14-7)15(2)5-3-4-10/h3,5H2,1-2H3,(H,11,12,13,14). The molecule has 0 fully saturated rings. The van der Waals surface area contributed by atoms with Crippen molar-refractivity contribution in [2.45, 2.75) is 6.42 Å². The van der Waals surface area contributed by atoms with Crippen LogP contribution in [0.3, 0.4) is 0 Å². The number of hydrogen-bond acceptors (Lipinski definition) is 6. The van der Waals surface area contributed by atoms with E-state index in [4.69, 9.17) is 16.9 Å². The van der Waals surface area contributed by atoms with E-state index < -0.39 is 0 Å². The third-order valence-electron chi connectivity index (χ3n) is 1.72. The Hall–Kier alpha value is -1.61. The molecule has 1 rings (SSSR count). The van der Waals surface area contributed by atoms with Gasteiger partial charge in [0, 0.05) is 20.6 Å². The van der Waals surface area contributed by atoms with Crippen LogP contribution in [0.2, 0.25) is 5.28 Å². The number of nitrogens with zero attached hydrogens (tertiary/aromatic N) is 5. The Morgan fingerprint density at radius 1 is 1.47 bits per heavy atom. The van der Waals surface area contributed by atoms with Crippen molar-refractivity contribution in [3.05, 3.63) is 5.28 Å². The van der Waals surface area contributed by atoms with Gasteiger partial charge in [-0.25, -0.2) is 0 Å². The van der Waals surface area contributed by atoms with Crippen LogP contribution < -0.4 is 10.2 Å².